The van der Waals surface area contributed by atoms with Crippen LogP contribution in [-0.2, 0) is 0 Å². The number of hydrogen-bond donors (Lipinski definition) is 3. The van der Waals surface area contributed by atoms with Crippen molar-refractivity contribution in [2.45, 2.75) is 19.8 Å². The zero-order chi connectivity index (χ0) is 14.5. The highest BCUT2D eigenvalue weighted by Gasteiger charge is 2.21. The fraction of sp³-hybridized carbons (Fsp3) is 0.500. The SMILES string of the molecule is CCNC(=O)c1cc(N2CCC(C(=N)N)CC2)ccn1. The van der Waals surface area contributed by atoms with E-state index in [9.17, 15) is 4.79 Å². The van der Waals surface area contributed by atoms with E-state index in [4.69, 9.17) is 11.1 Å². The molecule has 1 fully saturated rings. The van der Waals surface area contributed by atoms with Crippen molar-refractivity contribution in [3.63, 3.8) is 0 Å². The van der Waals surface area contributed by atoms with Crippen molar-refractivity contribution in [3.05, 3.63) is 24.0 Å². The lowest BCUT2D eigenvalue weighted by Crippen LogP contribution is -2.38. The van der Waals surface area contributed by atoms with Gasteiger partial charge in [-0.2, -0.15) is 0 Å². The third-order valence-corrected chi connectivity index (χ3v) is 3.61. The van der Waals surface area contributed by atoms with Gasteiger partial charge in [-0.25, -0.2) is 0 Å². The third-order valence-electron chi connectivity index (χ3n) is 3.61. The van der Waals surface area contributed by atoms with Gasteiger partial charge in [-0.1, -0.05) is 0 Å². The molecule has 0 saturated carbocycles. The molecule has 6 nitrogen and oxygen atoms in total. The fourth-order valence-electron chi connectivity index (χ4n) is 2.44. The molecular weight excluding hydrogens is 254 g/mol. The molecule has 4 N–H and O–H groups in total. The Kier molecular flexibility index (Phi) is 4.55. The fourth-order valence-corrected chi connectivity index (χ4v) is 2.44. The summed E-state index contributed by atoms with van der Waals surface area (Å²) in [6, 6.07) is 3.73. The Hall–Kier alpha value is -2.11. The predicted molar refractivity (Wildman–Crippen MR) is 79.1 cm³/mol. The van der Waals surface area contributed by atoms with Crippen LogP contribution in [0.5, 0.6) is 0 Å². The maximum atomic E-state index is 11.8. The summed E-state index contributed by atoms with van der Waals surface area (Å²) in [6.45, 7) is 4.18. The normalized spacial score (nSPS) is 15.9. The second kappa shape index (κ2) is 6.36. The highest BCUT2D eigenvalue weighted by molar-refractivity contribution is 5.93. The highest BCUT2D eigenvalue weighted by Crippen LogP contribution is 2.23. The average molecular weight is 275 g/mol. The van der Waals surface area contributed by atoms with Crippen LogP contribution < -0.4 is 16.0 Å². The molecule has 0 unspecified atom stereocenters. The molecule has 20 heavy (non-hydrogen) atoms. The summed E-state index contributed by atoms with van der Waals surface area (Å²) < 4.78 is 0. The summed E-state index contributed by atoms with van der Waals surface area (Å²) >= 11 is 0. The van der Waals surface area contributed by atoms with Crippen molar-refractivity contribution >= 4 is 17.4 Å². The highest BCUT2D eigenvalue weighted by atomic mass is 16.1. The maximum absolute atomic E-state index is 11.8. The summed E-state index contributed by atoms with van der Waals surface area (Å²) in [6.07, 6.45) is 3.43. The molecule has 6 heteroatoms. The second-order valence-corrected chi connectivity index (χ2v) is 4.98. The summed E-state index contributed by atoms with van der Waals surface area (Å²) in [4.78, 5) is 18.1. The molecule has 108 valence electrons. The van der Waals surface area contributed by atoms with Gasteiger partial charge in [0, 0.05) is 37.4 Å². The zero-order valence-electron chi connectivity index (χ0n) is 11.7. The smallest absolute Gasteiger partial charge is 0.269 e. The first kappa shape index (κ1) is 14.3. The first-order chi connectivity index (χ1) is 9.61. The lowest BCUT2D eigenvalue weighted by Gasteiger charge is -2.33. The van der Waals surface area contributed by atoms with E-state index >= 15 is 0 Å². The zero-order valence-corrected chi connectivity index (χ0v) is 11.7. The molecule has 0 aliphatic carbocycles. The topological polar surface area (TPSA) is 95.1 Å². The number of rotatable bonds is 4. The quantitative estimate of drug-likeness (QED) is 0.564. The molecule has 0 aromatic carbocycles. The van der Waals surface area contributed by atoms with Crippen LogP contribution in [0.1, 0.15) is 30.3 Å². The Morgan fingerprint density at radius 3 is 2.85 bits per heavy atom. The van der Waals surface area contributed by atoms with Crippen molar-refractivity contribution < 1.29 is 4.79 Å². The van der Waals surface area contributed by atoms with Gasteiger partial charge in [0.2, 0.25) is 0 Å². The largest absolute Gasteiger partial charge is 0.387 e. The number of nitrogens with zero attached hydrogens (tertiary/aromatic N) is 2. The number of aromatic nitrogens is 1. The van der Waals surface area contributed by atoms with E-state index in [0.29, 0.717) is 12.2 Å². The monoisotopic (exact) mass is 275 g/mol. The van der Waals surface area contributed by atoms with E-state index in [2.05, 4.69) is 15.2 Å². The molecule has 1 amide bonds. The van der Waals surface area contributed by atoms with E-state index in [-0.39, 0.29) is 17.7 Å². The van der Waals surface area contributed by atoms with Crippen LogP contribution in [0.15, 0.2) is 18.3 Å². The number of piperidine rings is 1. The van der Waals surface area contributed by atoms with E-state index in [0.717, 1.165) is 31.6 Å². The molecular formula is C14H21N5O. The van der Waals surface area contributed by atoms with Crippen LogP contribution in [0.4, 0.5) is 5.69 Å². The van der Waals surface area contributed by atoms with Gasteiger partial charge >= 0.3 is 0 Å². The molecule has 0 spiro atoms. The summed E-state index contributed by atoms with van der Waals surface area (Å²) in [5.41, 5.74) is 7.00. The number of nitrogens with one attached hydrogen (secondary N) is 2. The Morgan fingerprint density at radius 1 is 1.55 bits per heavy atom. The van der Waals surface area contributed by atoms with Gasteiger partial charge in [0.05, 0.1) is 5.84 Å². The Morgan fingerprint density at radius 2 is 2.25 bits per heavy atom. The Balaban J connectivity index is 2.05. The first-order valence-corrected chi connectivity index (χ1v) is 6.95. The van der Waals surface area contributed by atoms with Gasteiger partial charge in [-0.15, -0.1) is 0 Å². The van der Waals surface area contributed by atoms with Gasteiger partial charge < -0.3 is 16.0 Å². The van der Waals surface area contributed by atoms with Crippen LogP contribution >= 0.6 is 0 Å². The molecule has 1 aromatic rings. The van der Waals surface area contributed by atoms with Gasteiger partial charge in [0.15, 0.2) is 0 Å². The molecule has 1 aliphatic heterocycles. The molecule has 1 aromatic heterocycles. The molecule has 2 heterocycles. The lowest BCUT2D eigenvalue weighted by molar-refractivity contribution is 0.0951. The van der Waals surface area contributed by atoms with E-state index in [1.54, 1.807) is 6.20 Å². The van der Waals surface area contributed by atoms with Gasteiger partial charge in [-0.3, -0.25) is 15.2 Å². The van der Waals surface area contributed by atoms with Crippen LogP contribution in [0.3, 0.4) is 0 Å². The number of carbonyl (C=O) groups is 1. The number of carbonyl (C=O) groups excluding carboxylic acids is 1. The number of amidine groups is 1. The van der Waals surface area contributed by atoms with Crippen LogP contribution in [-0.4, -0.2) is 36.4 Å². The predicted octanol–water partition coefficient (Wildman–Crippen LogP) is 0.984. The van der Waals surface area contributed by atoms with E-state index in [1.807, 2.05) is 19.1 Å². The number of amides is 1. The van der Waals surface area contributed by atoms with Crippen molar-refractivity contribution in [1.82, 2.24) is 10.3 Å². The minimum absolute atomic E-state index is 0.145. The minimum atomic E-state index is -0.145. The van der Waals surface area contributed by atoms with Crippen LogP contribution in [0.2, 0.25) is 0 Å². The average Bonchev–Trinajstić information content (AvgIpc) is 2.48. The summed E-state index contributed by atoms with van der Waals surface area (Å²) in [5.74, 6) is 0.325. The molecule has 0 radical (unpaired) electrons. The minimum Gasteiger partial charge on any atom is -0.387 e. The molecule has 0 atom stereocenters. The van der Waals surface area contributed by atoms with Crippen molar-refractivity contribution in [2.24, 2.45) is 11.7 Å². The molecule has 1 saturated heterocycles. The number of pyridine rings is 1. The number of anilines is 1. The molecule has 0 bridgehead atoms. The van der Waals surface area contributed by atoms with E-state index in [1.165, 1.54) is 0 Å². The number of hydrogen-bond acceptors (Lipinski definition) is 4. The summed E-state index contributed by atoms with van der Waals surface area (Å²) in [5, 5.41) is 10.2. The van der Waals surface area contributed by atoms with Gasteiger partial charge in [0.25, 0.3) is 5.91 Å². The van der Waals surface area contributed by atoms with Gasteiger partial charge in [0.1, 0.15) is 5.69 Å². The molecule has 1 aliphatic rings. The Bertz CT molecular complexity index is 494. The number of nitrogens with two attached hydrogens (primary N) is 1. The summed E-state index contributed by atoms with van der Waals surface area (Å²) in [7, 11) is 0. The van der Waals surface area contributed by atoms with Crippen LogP contribution in [0.25, 0.3) is 0 Å². The van der Waals surface area contributed by atoms with Gasteiger partial charge in [-0.05, 0) is 31.9 Å². The van der Waals surface area contributed by atoms with E-state index < -0.39 is 0 Å². The molecule has 2 rings (SSSR count). The standard InChI is InChI=1S/C14H21N5O/c1-2-17-14(20)12-9-11(3-6-18-12)19-7-4-10(5-8-19)13(15)16/h3,6,9-10H,2,4-5,7-8H2,1H3,(H3,15,16)(H,17,20). The first-order valence-electron chi connectivity index (χ1n) is 6.95. The third kappa shape index (κ3) is 3.26. The second-order valence-electron chi connectivity index (χ2n) is 4.98. The van der Waals surface area contributed by atoms with Crippen LogP contribution in [0, 0.1) is 11.3 Å². The Labute approximate surface area is 118 Å². The van der Waals surface area contributed by atoms with Crippen molar-refractivity contribution in [2.75, 3.05) is 24.5 Å². The lowest BCUT2D eigenvalue weighted by atomic mass is 9.95. The van der Waals surface area contributed by atoms with Crippen molar-refractivity contribution in [3.8, 4) is 0 Å². The van der Waals surface area contributed by atoms with Crippen molar-refractivity contribution in [1.29, 1.82) is 5.41 Å². The maximum Gasteiger partial charge on any atom is 0.269 e.